The fourth-order valence-electron chi connectivity index (χ4n) is 6.13. The summed E-state index contributed by atoms with van der Waals surface area (Å²) in [6.07, 6.45) is 5.98. The minimum atomic E-state index is -0.434. The molecule has 0 radical (unpaired) electrons. The lowest BCUT2D eigenvalue weighted by Gasteiger charge is -2.50. The normalized spacial score (nSPS) is 34.3. The lowest BCUT2D eigenvalue weighted by molar-refractivity contribution is -0.137. The van der Waals surface area contributed by atoms with Crippen molar-refractivity contribution in [1.82, 2.24) is 0 Å². The number of hydrogen-bond donors (Lipinski definition) is 1. The Morgan fingerprint density at radius 3 is 2.74 bits per heavy atom. The van der Waals surface area contributed by atoms with Gasteiger partial charge in [-0.25, -0.2) is 4.79 Å². The Hall–Kier alpha value is -2.23. The highest BCUT2D eigenvalue weighted by Crippen LogP contribution is 2.64. The van der Waals surface area contributed by atoms with Gasteiger partial charge in [0.25, 0.3) is 0 Å². The van der Waals surface area contributed by atoms with Crippen molar-refractivity contribution in [2.45, 2.75) is 38.5 Å². The maximum Gasteiger partial charge on any atom is 0.337 e. The largest absolute Gasteiger partial charge is 0.511 e. The molecule has 4 rings (SSSR count). The van der Waals surface area contributed by atoms with Gasteiger partial charge in [-0.1, -0.05) is 19.1 Å². The first kappa shape index (κ1) is 18.1. The van der Waals surface area contributed by atoms with Crippen molar-refractivity contribution in [2.24, 2.45) is 23.2 Å². The number of allylic oxidation sites excluding steroid dienone is 2. The van der Waals surface area contributed by atoms with Crippen LogP contribution in [0.2, 0.25) is 0 Å². The molecule has 0 aliphatic heterocycles. The number of methoxy groups -OCH3 is 2. The third kappa shape index (κ3) is 2.38. The maximum absolute atomic E-state index is 12.8. The molecule has 5 atom stereocenters. The number of fused-ring (bicyclic) bond motifs is 5. The summed E-state index contributed by atoms with van der Waals surface area (Å²) in [5.74, 6) is 1.36. The van der Waals surface area contributed by atoms with E-state index in [4.69, 9.17) is 9.47 Å². The van der Waals surface area contributed by atoms with Gasteiger partial charge in [0, 0.05) is 11.3 Å². The number of hydrogen-bond acceptors (Lipinski definition) is 4. The van der Waals surface area contributed by atoms with Crippen molar-refractivity contribution < 1.29 is 19.4 Å². The molecule has 1 aromatic carbocycles. The minimum Gasteiger partial charge on any atom is -0.511 e. The summed E-state index contributed by atoms with van der Waals surface area (Å²) in [6, 6.07) is 6.07. The molecule has 0 heterocycles. The van der Waals surface area contributed by atoms with E-state index < -0.39 is 11.4 Å². The molecule has 1 saturated carbocycles. The fraction of sp³-hybridized carbons (Fsp3) is 0.522. The summed E-state index contributed by atoms with van der Waals surface area (Å²) in [5.41, 5.74) is 2.34. The molecule has 4 nitrogen and oxygen atoms in total. The van der Waals surface area contributed by atoms with E-state index in [-0.39, 0.29) is 17.6 Å². The number of aryl methyl sites for hydroxylation is 1. The molecule has 1 fully saturated rings. The second-order valence-electron chi connectivity index (χ2n) is 8.31. The Kier molecular flexibility index (Phi) is 4.32. The monoisotopic (exact) mass is 368 g/mol. The Morgan fingerprint density at radius 2 is 2.07 bits per heavy atom. The van der Waals surface area contributed by atoms with Crippen LogP contribution in [0, 0.1) is 23.2 Å². The predicted molar refractivity (Wildman–Crippen MR) is 104 cm³/mol. The van der Waals surface area contributed by atoms with E-state index in [1.807, 2.05) is 12.1 Å². The zero-order valence-electron chi connectivity index (χ0n) is 16.3. The molecule has 3 aliphatic rings. The van der Waals surface area contributed by atoms with Gasteiger partial charge >= 0.3 is 5.97 Å². The van der Waals surface area contributed by atoms with Crippen molar-refractivity contribution in [3.63, 3.8) is 0 Å². The molecule has 0 spiro atoms. The first-order valence-corrected chi connectivity index (χ1v) is 9.78. The Morgan fingerprint density at radius 1 is 1.30 bits per heavy atom. The Bertz CT molecular complexity index is 824. The predicted octanol–water partition coefficient (Wildman–Crippen LogP) is 4.56. The van der Waals surface area contributed by atoms with Gasteiger partial charge in [0.1, 0.15) is 11.5 Å². The van der Waals surface area contributed by atoms with E-state index in [0.717, 1.165) is 37.0 Å². The quantitative estimate of drug-likeness (QED) is 0.628. The van der Waals surface area contributed by atoms with Gasteiger partial charge in [-0.05, 0) is 66.7 Å². The SMILES string of the molecule is C=C[C@H]1CC[C@@H]2[C@H]3CCc4cc(OC)ccc4[C@H]3C(C(=O)OC)=C(O)[C@@]21C. The van der Waals surface area contributed by atoms with E-state index in [0.29, 0.717) is 17.4 Å². The first-order valence-electron chi connectivity index (χ1n) is 9.78. The van der Waals surface area contributed by atoms with Crippen molar-refractivity contribution in [3.8, 4) is 5.75 Å². The van der Waals surface area contributed by atoms with Crippen LogP contribution in [0.3, 0.4) is 0 Å². The van der Waals surface area contributed by atoms with Crippen molar-refractivity contribution in [3.05, 3.63) is 53.3 Å². The van der Waals surface area contributed by atoms with Crippen molar-refractivity contribution in [2.75, 3.05) is 14.2 Å². The number of rotatable bonds is 3. The number of benzene rings is 1. The van der Waals surface area contributed by atoms with Gasteiger partial charge < -0.3 is 14.6 Å². The summed E-state index contributed by atoms with van der Waals surface area (Å²) in [7, 11) is 3.06. The standard InChI is InChI=1S/C23H28O4/c1-5-14-7-11-18-17-9-6-13-12-15(26-3)8-10-16(13)19(17)20(22(25)27-4)21(24)23(14,18)2/h5,8,10,12,14,17-19,24H,1,6-7,9,11H2,2-4H3/t14-,17+,18+,19+,23+/m0/s1. The van der Waals surface area contributed by atoms with Gasteiger partial charge in [0.2, 0.25) is 0 Å². The number of ether oxygens (including phenoxy) is 2. The van der Waals surface area contributed by atoms with E-state index in [9.17, 15) is 9.90 Å². The summed E-state index contributed by atoms with van der Waals surface area (Å²) in [4.78, 5) is 12.8. The van der Waals surface area contributed by atoms with Gasteiger partial charge in [0.05, 0.1) is 19.8 Å². The van der Waals surface area contributed by atoms with E-state index in [1.165, 1.54) is 12.7 Å². The third-order valence-electron chi connectivity index (χ3n) is 7.47. The molecule has 144 valence electrons. The lowest BCUT2D eigenvalue weighted by Crippen LogP contribution is -2.45. The maximum atomic E-state index is 12.8. The molecule has 0 saturated heterocycles. The van der Waals surface area contributed by atoms with Crippen LogP contribution >= 0.6 is 0 Å². The molecule has 0 amide bonds. The molecule has 0 bridgehead atoms. The zero-order valence-corrected chi connectivity index (χ0v) is 16.3. The zero-order chi connectivity index (χ0) is 19.3. The fourth-order valence-corrected chi connectivity index (χ4v) is 6.13. The molecule has 0 unspecified atom stereocenters. The second kappa shape index (κ2) is 6.43. The molecule has 27 heavy (non-hydrogen) atoms. The van der Waals surface area contributed by atoms with Crippen LogP contribution in [-0.4, -0.2) is 25.3 Å². The number of carbonyl (C=O) groups excluding carboxylic acids is 1. The van der Waals surface area contributed by atoms with Crippen molar-refractivity contribution in [1.29, 1.82) is 0 Å². The molecular weight excluding hydrogens is 340 g/mol. The second-order valence-corrected chi connectivity index (χ2v) is 8.31. The highest BCUT2D eigenvalue weighted by atomic mass is 16.5. The van der Waals surface area contributed by atoms with Crippen LogP contribution in [-0.2, 0) is 16.0 Å². The summed E-state index contributed by atoms with van der Waals surface area (Å²) in [6.45, 7) is 6.10. The smallest absolute Gasteiger partial charge is 0.337 e. The first-order chi connectivity index (χ1) is 13.0. The highest BCUT2D eigenvalue weighted by Gasteiger charge is 2.59. The average Bonchev–Trinajstić information content (AvgIpc) is 3.05. The van der Waals surface area contributed by atoms with Crippen LogP contribution in [0.5, 0.6) is 5.75 Å². The number of esters is 1. The van der Waals surface area contributed by atoms with Gasteiger partial charge in [-0.15, -0.1) is 6.58 Å². The van der Waals surface area contributed by atoms with E-state index in [1.54, 1.807) is 7.11 Å². The summed E-state index contributed by atoms with van der Waals surface area (Å²) < 4.78 is 10.5. The molecular formula is C23H28O4. The van der Waals surface area contributed by atoms with Crippen molar-refractivity contribution >= 4 is 5.97 Å². The molecule has 3 aliphatic carbocycles. The highest BCUT2D eigenvalue weighted by molar-refractivity contribution is 5.91. The summed E-state index contributed by atoms with van der Waals surface area (Å²) in [5, 5.41) is 11.4. The third-order valence-corrected chi connectivity index (χ3v) is 7.47. The average molecular weight is 368 g/mol. The number of carbonyl (C=O) groups is 1. The topological polar surface area (TPSA) is 55.8 Å². The van der Waals surface area contributed by atoms with E-state index >= 15 is 0 Å². The Labute approximate surface area is 160 Å². The minimum absolute atomic E-state index is 0.117. The van der Waals surface area contributed by atoms with Crippen LogP contribution in [0.4, 0.5) is 0 Å². The van der Waals surface area contributed by atoms with Gasteiger partial charge in [-0.3, -0.25) is 0 Å². The van der Waals surface area contributed by atoms with Gasteiger partial charge in [-0.2, -0.15) is 0 Å². The van der Waals surface area contributed by atoms with Crippen LogP contribution < -0.4 is 4.74 Å². The lowest BCUT2D eigenvalue weighted by atomic mass is 9.54. The summed E-state index contributed by atoms with van der Waals surface area (Å²) >= 11 is 0. The number of aliphatic hydroxyl groups excluding tert-OH is 1. The van der Waals surface area contributed by atoms with Crippen LogP contribution in [0.1, 0.15) is 43.2 Å². The molecule has 4 heteroatoms. The van der Waals surface area contributed by atoms with Gasteiger partial charge in [0.15, 0.2) is 0 Å². The molecule has 1 aromatic rings. The molecule has 0 aromatic heterocycles. The van der Waals surface area contributed by atoms with Crippen LogP contribution in [0.25, 0.3) is 0 Å². The van der Waals surface area contributed by atoms with Crippen LogP contribution in [0.15, 0.2) is 42.2 Å². The van der Waals surface area contributed by atoms with E-state index in [2.05, 4.69) is 25.6 Å². The molecule has 1 N–H and O–H groups in total. The Balaban J connectivity index is 1.93. The number of aliphatic hydroxyl groups is 1.